The Labute approximate surface area is 156 Å². The van der Waals surface area contributed by atoms with E-state index in [0.717, 1.165) is 35.6 Å². The molecule has 2 heterocycles. The van der Waals surface area contributed by atoms with Crippen LogP contribution in [0.1, 0.15) is 41.8 Å². The fourth-order valence-corrected chi connectivity index (χ4v) is 4.12. The number of amides is 1. The number of carbonyl (C=O) groups is 2. The van der Waals surface area contributed by atoms with Gasteiger partial charge in [0.2, 0.25) is 0 Å². The van der Waals surface area contributed by atoms with Gasteiger partial charge in [0.05, 0.1) is 13.3 Å². The maximum absolute atomic E-state index is 12.9. The number of ether oxygens (including phenoxy) is 1. The lowest BCUT2D eigenvalue weighted by molar-refractivity contribution is -0.137. The summed E-state index contributed by atoms with van der Waals surface area (Å²) in [6.07, 6.45) is 5.07. The number of thiazole rings is 1. The third-order valence-electron chi connectivity index (χ3n) is 4.63. The highest BCUT2D eigenvalue weighted by molar-refractivity contribution is 7.16. The molecule has 0 bridgehead atoms. The van der Waals surface area contributed by atoms with Crippen LogP contribution in [0, 0.1) is 0 Å². The van der Waals surface area contributed by atoms with Crippen LogP contribution in [-0.2, 0) is 4.79 Å². The summed E-state index contributed by atoms with van der Waals surface area (Å²) in [4.78, 5) is 30.6. The number of methoxy groups -OCH3 is 1. The fraction of sp³-hybridized carbons (Fsp3) is 0.421. The Hall–Kier alpha value is -2.41. The molecule has 3 rings (SSSR count). The van der Waals surface area contributed by atoms with Crippen LogP contribution in [0.5, 0.6) is 5.75 Å². The summed E-state index contributed by atoms with van der Waals surface area (Å²) in [6.45, 7) is 0.679. The van der Waals surface area contributed by atoms with Crippen LogP contribution in [0.25, 0.3) is 10.6 Å². The molecule has 1 aliphatic rings. The van der Waals surface area contributed by atoms with Gasteiger partial charge in [-0.2, -0.15) is 0 Å². The highest BCUT2D eigenvalue weighted by Crippen LogP contribution is 2.29. The van der Waals surface area contributed by atoms with E-state index >= 15 is 0 Å². The molecular weight excluding hydrogens is 352 g/mol. The van der Waals surface area contributed by atoms with Gasteiger partial charge in [-0.1, -0.05) is 0 Å². The summed E-state index contributed by atoms with van der Waals surface area (Å²) in [5.41, 5.74) is 0.941. The molecule has 0 unspecified atom stereocenters. The quantitative estimate of drug-likeness (QED) is 0.834. The van der Waals surface area contributed by atoms with Crippen molar-refractivity contribution in [2.45, 2.75) is 38.1 Å². The van der Waals surface area contributed by atoms with E-state index in [2.05, 4.69) is 4.98 Å². The standard InChI is InChI=1S/C19H22N2O4S/c1-25-15-8-5-13(6-9-15)18-20-12-16(26-18)19(24)21-11-3-2-4-14(21)7-10-17(22)23/h5-6,8-9,12,14H,2-4,7,10-11H2,1H3,(H,22,23)/t14-/m0/s1. The molecule has 1 aliphatic heterocycles. The normalized spacial score (nSPS) is 17.1. The van der Waals surface area contributed by atoms with Crippen molar-refractivity contribution in [3.05, 3.63) is 35.3 Å². The SMILES string of the molecule is COc1ccc(-c2ncc(C(=O)N3CCCC[C@H]3CCC(=O)O)s2)cc1. The topological polar surface area (TPSA) is 79.7 Å². The summed E-state index contributed by atoms with van der Waals surface area (Å²) in [5, 5.41) is 9.72. The number of benzene rings is 1. The lowest BCUT2D eigenvalue weighted by atomic mass is 9.97. The first-order valence-electron chi connectivity index (χ1n) is 8.71. The summed E-state index contributed by atoms with van der Waals surface area (Å²) >= 11 is 1.37. The zero-order chi connectivity index (χ0) is 18.5. The van der Waals surface area contributed by atoms with Crippen molar-refractivity contribution in [1.29, 1.82) is 0 Å². The van der Waals surface area contributed by atoms with Crippen molar-refractivity contribution in [3.8, 4) is 16.3 Å². The summed E-state index contributed by atoms with van der Waals surface area (Å²) in [5.74, 6) is -0.0869. The van der Waals surface area contributed by atoms with Crippen LogP contribution in [-0.4, -0.2) is 46.6 Å². The number of hydrogen-bond donors (Lipinski definition) is 1. The van der Waals surface area contributed by atoms with E-state index in [4.69, 9.17) is 9.84 Å². The largest absolute Gasteiger partial charge is 0.497 e. The summed E-state index contributed by atoms with van der Waals surface area (Å²) in [7, 11) is 1.62. The third-order valence-corrected chi connectivity index (χ3v) is 5.67. The monoisotopic (exact) mass is 374 g/mol. The Morgan fingerprint density at radius 2 is 2.08 bits per heavy atom. The molecule has 2 aromatic rings. The van der Waals surface area contributed by atoms with Crippen LogP contribution < -0.4 is 4.74 Å². The molecular formula is C19H22N2O4S. The second kappa shape index (κ2) is 8.31. The average Bonchev–Trinajstić information content (AvgIpc) is 3.16. The summed E-state index contributed by atoms with van der Waals surface area (Å²) < 4.78 is 5.16. The van der Waals surface area contributed by atoms with Crippen LogP contribution in [0.15, 0.2) is 30.5 Å². The van der Waals surface area contributed by atoms with Gasteiger partial charge >= 0.3 is 5.97 Å². The number of carboxylic acid groups (broad SMARTS) is 1. The highest BCUT2D eigenvalue weighted by atomic mass is 32.1. The molecule has 1 aromatic heterocycles. The second-order valence-corrected chi connectivity index (χ2v) is 7.37. The molecule has 1 amide bonds. The average molecular weight is 374 g/mol. The van der Waals surface area contributed by atoms with Gasteiger partial charge in [-0.05, 0) is 49.9 Å². The van der Waals surface area contributed by atoms with E-state index in [9.17, 15) is 9.59 Å². The molecule has 1 fully saturated rings. The van der Waals surface area contributed by atoms with E-state index in [1.165, 1.54) is 11.3 Å². The fourth-order valence-electron chi connectivity index (χ4n) is 3.24. The predicted octanol–water partition coefficient (Wildman–Crippen LogP) is 3.68. The van der Waals surface area contributed by atoms with Gasteiger partial charge in [-0.25, -0.2) is 4.98 Å². The maximum atomic E-state index is 12.9. The molecule has 1 N–H and O–H groups in total. The van der Waals surface area contributed by atoms with Gasteiger partial charge in [-0.15, -0.1) is 11.3 Å². The molecule has 1 saturated heterocycles. The van der Waals surface area contributed by atoms with Gasteiger partial charge in [-0.3, -0.25) is 9.59 Å². The lowest BCUT2D eigenvalue weighted by Crippen LogP contribution is -2.43. The third kappa shape index (κ3) is 4.22. The van der Waals surface area contributed by atoms with Crippen LogP contribution in [0.3, 0.4) is 0 Å². The van der Waals surface area contributed by atoms with E-state index < -0.39 is 5.97 Å². The second-order valence-electron chi connectivity index (χ2n) is 6.34. The Morgan fingerprint density at radius 1 is 1.31 bits per heavy atom. The van der Waals surface area contributed by atoms with Crippen molar-refractivity contribution in [2.75, 3.05) is 13.7 Å². The number of aliphatic carboxylic acids is 1. The van der Waals surface area contributed by atoms with Crippen LogP contribution in [0.4, 0.5) is 0 Å². The number of hydrogen-bond acceptors (Lipinski definition) is 5. The molecule has 0 aliphatic carbocycles. The zero-order valence-corrected chi connectivity index (χ0v) is 15.5. The number of aromatic nitrogens is 1. The van der Waals surface area contributed by atoms with E-state index in [1.54, 1.807) is 13.3 Å². The van der Waals surface area contributed by atoms with Gasteiger partial charge in [0, 0.05) is 24.6 Å². The predicted molar refractivity (Wildman–Crippen MR) is 99.6 cm³/mol. The Balaban J connectivity index is 1.74. The summed E-state index contributed by atoms with van der Waals surface area (Å²) in [6, 6.07) is 7.57. The molecule has 6 nitrogen and oxygen atoms in total. The van der Waals surface area contributed by atoms with Gasteiger partial charge in [0.25, 0.3) is 5.91 Å². The van der Waals surface area contributed by atoms with E-state index in [-0.39, 0.29) is 18.4 Å². The number of carboxylic acids is 1. The van der Waals surface area contributed by atoms with Gasteiger partial charge in [0.15, 0.2) is 0 Å². The smallest absolute Gasteiger partial charge is 0.303 e. The van der Waals surface area contributed by atoms with Gasteiger partial charge < -0.3 is 14.7 Å². The molecule has 1 aromatic carbocycles. The first-order valence-corrected chi connectivity index (χ1v) is 9.53. The minimum Gasteiger partial charge on any atom is -0.497 e. The van der Waals surface area contributed by atoms with Crippen LogP contribution >= 0.6 is 11.3 Å². The van der Waals surface area contributed by atoms with E-state index in [0.29, 0.717) is 17.8 Å². The number of carbonyl (C=O) groups excluding carboxylic acids is 1. The van der Waals surface area contributed by atoms with Crippen molar-refractivity contribution >= 4 is 23.2 Å². The lowest BCUT2D eigenvalue weighted by Gasteiger charge is -2.35. The number of nitrogens with zero attached hydrogens (tertiary/aromatic N) is 2. The van der Waals surface area contributed by atoms with Crippen molar-refractivity contribution in [1.82, 2.24) is 9.88 Å². The molecule has 7 heteroatoms. The highest BCUT2D eigenvalue weighted by Gasteiger charge is 2.29. The van der Waals surface area contributed by atoms with Crippen molar-refractivity contribution < 1.29 is 19.4 Å². The molecule has 0 spiro atoms. The van der Waals surface area contributed by atoms with Gasteiger partial charge in [0.1, 0.15) is 15.6 Å². The molecule has 0 saturated carbocycles. The zero-order valence-electron chi connectivity index (χ0n) is 14.7. The maximum Gasteiger partial charge on any atom is 0.303 e. The Kier molecular flexibility index (Phi) is 5.88. The molecule has 138 valence electrons. The number of piperidine rings is 1. The minimum absolute atomic E-state index is 0.00103. The molecule has 1 atom stereocenters. The van der Waals surface area contributed by atoms with Crippen LogP contribution in [0.2, 0.25) is 0 Å². The van der Waals surface area contributed by atoms with E-state index in [1.807, 2.05) is 29.2 Å². The first kappa shape index (κ1) is 18.4. The van der Waals surface area contributed by atoms with Crippen molar-refractivity contribution in [2.24, 2.45) is 0 Å². The minimum atomic E-state index is -0.817. The number of likely N-dealkylation sites (tertiary alicyclic amines) is 1. The first-order chi connectivity index (χ1) is 12.6. The Bertz CT molecular complexity index is 772. The number of rotatable bonds is 6. The molecule has 26 heavy (non-hydrogen) atoms. The molecule has 0 radical (unpaired) electrons. The van der Waals surface area contributed by atoms with Crippen molar-refractivity contribution in [3.63, 3.8) is 0 Å². The Morgan fingerprint density at radius 3 is 2.77 bits per heavy atom.